The third-order valence-electron chi connectivity index (χ3n) is 5.04. The quantitative estimate of drug-likeness (QED) is 0.813. The summed E-state index contributed by atoms with van der Waals surface area (Å²) in [6, 6.07) is 13.0. The molecule has 2 atom stereocenters. The molecule has 2 aromatic rings. The number of carbonyl (C=O) groups excluding carboxylic acids is 2. The second-order valence-electron chi connectivity index (χ2n) is 7.15. The third-order valence-corrected chi connectivity index (χ3v) is 5.04. The van der Waals surface area contributed by atoms with Crippen LogP contribution in [0.2, 0.25) is 0 Å². The predicted molar refractivity (Wildman–Crippen MR) is 103 cm³/mol. The number of hydrogen-bond acceptors (Lipinski definition) is 4. The molecular weight excluding hydrogens is 342 g/mol. The molecule has 1 N–H and O–H groups in total. The van der Waals surface area contributed by atoms with Gasteiger partial charge in [0.05, 0.1) is 18.7 Å². The summed E-state index contributed by atoms with van der Waals surface area (Å²) in [4.78, 5) is 29.2. The van der Waals surface area contributed by atoms with Gasteiger partial charge >= 0.3 is 0 Å². The summed E-state index contributed by atoms with van der Waals surface area (Å²) < 4.78 is 5.48. The minimum atomic E-state index is -0.388. The second kappa shape index (κ2) is 8.86. The van der Waals surface area contributed by atoms with E-state index in [1.165, 1.54) is 0 Å². The average molecular weight is 369 g/mol. The van der Waals surface area contributed by atoms with Gasteiger partial charge in [0.25, 0.3) is 0 Å². The highest BCUT2D eigenvalue weighted by Gasteiger charge is 2.34. The molecule has 6 nitrogen and oxygen atoms in total. The van der Waals surface area contributed by atoms with E-state index in [9.17, 15) is 9.59 Å². The van der Waals surface area contributed by atoms with Crippen LogP contribution >= 0.6 is 0 Å². The highest BCUT2D eigenvalue weighted by molar-refractivity contribution is 5.89. The smallest absolute Gasteiger partial charge is 0.242 e. The van der Waals surface area contributed by atoms with E-state index in [0.717, 1.165) is 17.7 Å². The summed E-state index contributed by atoms with van der Waals surface area (Å²) in [7, 11) is 3.90. The molecule has 6 heteroatoms. The zero-order valence-corrected chi connectivity index (χ0v) is 15.9. The minimum Gasteiger partial charge on any atom is -0.468 e. The lowest BCUT2D eigenvalue weighted by atomic mass is 10.1. The Balaban J connectivity index is 1.59. The molecule has 0 bridgehead atoms. The molecule has 1 aliphatic heterocycles. The number of likely N-dealkylation sites (N-methyl/N-ethyl adjacent to an activating group) is 1. The zero-order valence-electron chi connectivity index (χ0n) is 15.9. The number of furan rings is 1. The molecule has 0 radical (unpaired) electrons. The van der Waals surface area contributed by atoms with Crippen molar-refractivity contribution in [3.63, 3.8) is 0 Å². The number of hydrogen-bond donors (Lipinski definition) is 1. The number of amides is 2. The fraction of sp³-hybridized carbons (Fsp3) is 0.429. The van der Waals surface area contributed by atoms with Gasteiger partial charge in [-0.25, -0.2) is 0 Å². The van der Waals surface area contributed by atoms with E-state index in [1.807, 2.05) is 61.5 Å². The molecular formula is C21H27N3O3. The Morgan fingerprint density at radius 1 is 1.22 bits per heavy atom. The summed E-state index contributed by atoms with van der Waals surface area (Å²) in [6.45, 7) is 1.08. The van der Waals surface area contributed by atoms with Gasteiger partial charge in [-0.2, -0.15) is 0 Å². The lowest BCUT2D eigenvalue weighted by molar-refractivity contribution is -0.138. The van der Waals surface area contributed by atoms with Gasteiger partial charge in [-0.3, -0.25) is 14.5 Å². The van der Waals surface area contributed by atoms with Crippen molar-refractivity contribution in [2.45, 2.75) is 31.3 Å². The Hall–Kier alpha value is -2.60. The van der Waals surface area contributed by atoms with Crippen LogP contribution in [-0.2, 0) is 16.0 Å². The van der Waals surface area contributed by atoms with Gasteiger partial charge in [0.15, 0.2) is 0 Å². The first-order chi connectivity index (χ1) is 13.1. The first-order valence-electron chi connectivity index (χ1n) is 9.37. The van der Waals surface area contributed by atoms with Crippen molar-refractivity contribution in [3.8, 4) is 0 Å². The van der Waals surface area contributed by atoms with Crippen LogP contribution < -0.4 is 5.32 Å². The Morgan fingerprint density at radius 2 is 2.00 bits per heavy atom. The minimum absolute atomic E-state index is 0.00837. The van der Waals surface area contributed by atoms with Gasteiger partial charge in [-0.1, -0.05) is 30.3 Å². The number of carbonyl (C=O) groups is 2. The van der Waals surface area contributed by atoms with Gasteiger partial charge in [0, 0.05) is 13.1 Å². The largest absolute Gasteiger partial charge is 0.468 e. The number of likely N-dealkylation sites (tertiary alicyclic amines) is 1. The van der Waals surface area contributed by atoms with E-state index in [-0.39, 0.29) is 23.9 Å². The van der Waals surface area contributed by atoms with E-state index in [1.54, 1.807) is 11.2 Å². The molecule has 1 saturated heterocycles. The summed E-state index contributed by atoms with van der Waals surface area (Å²) in [6.07, 6.45) is 3.53. The third kappa shape index (κ3) is 4.77. The predicted octanol–water partition coefficient (Wildman–Crippen LogP) is 2.23. The summed E-state index contributed by atoms with van der Waals surface area (Å²) in [5, 5.41) is 3.01. The van der Waals surface area contributed by atoms with Gasteiger partial charge < -0.3 is 14.6 Å². The van der Waals surface area contributed by atoms with Crippen molar-refractivity contribution in [1.82, 2.24) is 15.1 Å². The molecule has 1 fully saturated rings. The van der Waals surface area contributed by atoms with Gasteiger partial charge in [-0.15, -0.1) is 0 Å². The van der Waals surface area contributed by atoms with Crippen LogP contribution in [0.15, 0.2) is 53.1 Å². The summed E-state index contributed by atoms with van der Waals surface area (Å²) in [5.74, 6) is 0.727. The molecule has 1 aromatic carbocycles. The standard InChI is InChI=1S/C21H27N3O3/c1-23(2)18(19-11-7-13-27-19)15-22-21(26)17-10-6-12-24(17)20(25)14-16-8-4-3-5-9-16/h3-5,7-9,11,13,17-18H,6,10,12,14-15H2,1-2H3,(H,22,26). The molecule has 2 heterocycles. The zero-order chi connectivity index (χ0) is 19.2. The molecule has 2 unspecified atom stereocenters. The Kier molecular flexibility index (Phi) is 6.29. The summed E-state index contributed by atoms with van der Waals surface area (Å²) >= 11 is 0. The molecule has 2 amide bonds. The highest BCUT2D eigenvalue weighted by Crippen LogP contribution is 2.21. The first-order valence-corrected chi connectivity index (χ1v) is 9.37. The lowest BCUT2D eigenvalue weighted by Gasteiger charge is -2.27. The monoisotopic (exact) mass is 369 g/mol. The van der Waals surface area contributed by atoms with Crippen molar-refractivity contribution >= 4 is 11.8 Å². The van der Waals surface area contributed by atoms with Crippen LogP contribution in [0, 0.1) is 0 Å². The van der Waals surface area contributed by atoms with Gasteiger partial charge in [0.1, 0.15) is 11.8 Å². The van der Waals surface area contributed by atoms with E-state index in [4.69, 9.17) is 4.42 Å². The lowest BCUT2D eigenvalue weighted by Crippen LogP contribution is -2.48. The SMILES string of the molecule is CN(C)C(CNC(=O)C1CCCN1C(=O)Cc1ccccc1)c1ccco1. The van der Waals surface area contributed by atoms with Crippen LogP contribution in [0.25, 0.3) is 0 Å². The number of rotatable bonds is 7. The van der Waals surface area contributed by atoms with E-state index in [2.05, 4.69) is 5.32 Å². The van der Waals surface area contributed by atoms with Crippen LogP contribution in [0.5, 0.6) is 0 Å². The Labute approximate surface area is 160 Å². The number of nitrogens with zero attached hydrogens (tertiary/aromatic N) is 2. The Morgan fingerprint density at radius 3 is 2.67 bits per heavy atom. The molecule has 0 spiro atoms. The molecule has 1 aromatic heterocycles. The van der Waals surface area contributed by atoms with Crippen molar-refractivity contribution in [2.75, 3.05) is 27.2 Å². The molecule has 27 heavy (non-hydrogen) atoms. The average Bonchev–Trinajstić information content (AvgIpc) is 3.34. The molecule has 0 aliphatic carbocycles. The second-order valence-corrected chi connectivity index (χ2v) is 7.15. The van der Waals surface area contributed by atoms with Crippen molar-refractivity contribution in [1.29, 1.82) is 0 Å². The van der Waals surface area contributed by atoms with E-state index >= 15 is 0 Å². The maximum Gasteiger partial charge on any atom is 0.242 e. The van der Waals surface area contributed by atoms with Gasteiger partial charge in [-0.05, 0) is 44.6 Å². The topological polar surface area (TPSA) is 65.8 Å². The van der Waals surface area contributed by atoms with Crippen LogP contribution in [0.4, 0.5) is 0 Å². The summed E-state index contributed by atoms with van der Waals surface area (Å²) in [5.41, 5.74) is 0.971. The Bertz CT molecular complexity index is 743. The fourth-order valence-corrected chi connectivity index (χ4v) is 3.54. The number of nitrogens with one attached hydrogen (secondary N) is 1. The van der Waals surface area contributed by atoms with Gasteiger partial charge in [0.2, 0.25) is 11.8 Å². The fourth-order valence-electron chi connectivity index (χ4n) is 3.54. The van der Waals surface area contributed by atoms with Crippen LogP contribution in [0.1, 0.15) is 30.2 Å². The normalized spacial score (nSPS) is 17.9. The van der Waals surface area contributed by atoms with Crippen LogP contribution in [-0.4, -0.2) is 54.8 Å². The molecule has 1 aliphatic rings. The van der Waals surface area contributed by atoms with Crippen LogP contribution in [0.3, 0.4) is 0 Å². The van der Waals surface area contributed by atoms with Crippen molar-refractivity contribution < 1.29 is 14.0 Å². The van der Waals surface area contributed by atoms with Crippen molar-refractivity contribution in [3.05, 3.63) is 60.1 Å². The maximum absolute atomic E-state index is 12.8. The number of benzene rings is 1. The van der Waals surface area contributed by atoms with E-state index in [0.29, 0.717) is 25.9 Å². The molecule has 0 saturated carbocycles. The molecule has 3 rings (SSSR count). The van der Waals surface area contributed by atoms with E-state index < -0.39 is 0 Å². The highest BCUT2D eigenvalue weighted by atomic mass is 16.3. The maximum atomic E-state index is 12.8. The molecule has 144 valence electrons. The van der Waals surface area contributed by atoms with Crippen molar-refractivity contribution in [2.24, 2.45) is 0 Å². The first kappa shape index (κ1) is 19.2.